The smallest absolute Gasteiger partial charge is 0.267 e. The molecule has 4 nitrogen and oxygen atoms in total. The van der Waals surface area contributed by atoms with E-state index in [0.717, 1.165) is 41.3 Å². The Morgan fingerprint density at radius 3 is 2.41 bits per heavy atom. The molecule has 170 valence electrons. The highest BCUT2D eigenvalue weighted by molar-refractivity contribution is 8.18. The minimum Gasteiger partial charge on any atom is -0.344 e. The fourth-order valence-electron chi connectivity index (χ4n) is 5.52. The maximum Gasteiger partial charge on any atom is 0.267 e. The lowest BCUT2D eigenvalue weighted by molar-refractivity contribution is -0.124. The van der Waals surface area contributed by atoms with Crippen LogP contribution in [0.3, 0.4) is 0 Å². The van der Waals surface area contributed by atoms with Gasteiger partial charge in [-0.25, -0.2) is 0 Å². The van der Waals surface area contributed by atoms with E-state index >= 15 is 0 Å². The van der Waals surface area contributed by atoms with Crippen LogP contribution in [0.15, 0.2) is 40.4 Å². The molecule has 0 radical (unpaired) electrons. The van der Waals surface area contributed by atoms with Crippen LogP contribution in [0.4, 0.5) is 0 Å². The number of para-hydroxylation sites is 1. The molecule has 2 heterocycles. The second kappa shape index (κ2) is 9.46. The average Bonchev–Trinajstić information content (AvgIpc) is 3.33. The first-order valence-corrected chi connectivity index (χ1v) is 13.3. The third-order valence-corrected chi connectivity index (χ3v) is 8.26. The van der Waals surface area contributed by atoms with Crippen LogP contribution in [0.2, 0.25) is 0 Å². The second-order valence-corrected chi connectivity index (χ2v) is 10.9. The van der Waals surface area contributed by atoms with E-state index in [0.29, 0.717) is 18.1 Å². The van der Waals surface area contributed by atoms with Gasteiger partial charge in [0.1, 0.15) is 0 Å². The Labute approximate surface area is 196 Å². The zero-order valence-corrected chi connectivity index (χ0v) is 20.2. The Balaban J connectivity index is 1.52. The molecule has 1 saturated heterocycles. The van der Waals surface area contributed by atoms with Crippen molar-refractivity contribution in [2.24, 2.45) is 4.99 Å². The first-order valence-electron chi connectivity index (χ1n) is 12.5. The Hall–Kier alpha value is -2.01. The highest BCUT2D eigenvalue weighted by atomic mass is 32.2. The van der Waals surface area contributed by atoms with Crippen LogP contribution in [0, 0.1) is 0 Å². The Morgan fingerprint density at radius 2 is 1.69 bits per heavy atom. The molecule has 2 aliphatic carbocycles. The maximum absolute atomic E-state index is 13.7. The molecule has 1 aromatic heterocycles. The number of hydrogen-bond donors (Lipinski definition) is 0. The molecular formula is C27H35N3OS. The van der Waals surface area contributed by atoms with E-state index < -0.39 is 0 Å². The van der Waals surface area contributed by atoms with Gasteiger partial charge in [0, 0.05) is 34.7 Å². The number of benzene rings is 1. The first-order chi connectivity index (χ1) is 15.6. The summed E-state index contributed by atoms with van der Waals surface area (Å²) in [4.78, 5) is 21.8. The van der Waals surface area contributed by atoms with E-state index in [9.17, 15) is 4.79 Å². The van der Waals surface area contributed by atoms with Crippen LogP contribution in [0.5, 0.6) is 0 Å². The van der Waals surface area contributed by atoms with Gasteiger partial charge in [0.2, 0.25) is 0 Å². The molecule has 0 bridgehead atoms. The fourth-order valence-corrected chi connectivity index (χ4v) is 6.62. The number of rotatable bonds is 4. The normalized spacial score (nSPS) is 24.0. The van der Waals surface area contributed by atoms with E-state index in [1.807, 2.05) is 0 Å². The molecule has 5 rings (SSSR count). The van der Waals surface area contributed by atoms with Crippen LogP contribution in [-0.4, -0.2) is 32.6 Å². The molecule has 5 heteroatoms. The number of nitrogens with zero attached hydrogens (tertiary/aromatic N) is 3. The van der Waals surface area contributed by atoms with E-state index in [2.05, 4.69) is 59.9 Å². The van der Waals surface area contributed by atoms with Gasteiger partial charge in [0.25, 0.3) is 5.91 Å². The predicted molar refractivity (Wildman–Crippen MR) is 136 cm³/mol. The van der Waals surface area contributed by atoms with Gasteiger partial charge < -0.3 is 4.57 Å². The molecule has 2 saturated carbocycles. The summed E-state index contributed by atoms with van der Waals surface area (Å²) in [6, 6.07) is 9.59. The lowest BCUT2D eigenvalue weighted by Gasteiger charge is -2.31. The summed E-state index contributed by atoms with van der Waals surface area (Å²) < 4.78 is 2.31. The SMILES string of the molecule is CC(C)n1cc(C=C2SC(=NC3CCCCC3)N(C3CCCCC3)C2=O)c2ccccc21. The van der Waals surface area contributed by atoms with Crippen molar-refractivity contribution in [3.8, 4) is 0 Å². The van der Waals surface area contributed by atoms with Crippen LogP contribution in [0.25, 0.3) is 17.0 Å². The van der Waals surface area contributed by atoms with Crippen molar-refractivity contribution < 1.29 is 4.79 Å². The number of aliphatic imine (C=N–C) groups is 1. The molecule has 0 unspecified atom stereocenters. The maximum atomic E-state index is 13.7. The minimum absolute atomic E-state index is 0.165. The number of thioether (sulfide) groups is 1. The number of fused-ring (bicyclic) bond motifs is 1. The molecular weight excluding hydrogens is 414 g/mol. The van der Waals surface area contributed by atoms with Crippen molar-refractivity contribution in [2.45, 2.75) is 96.2 Å². The molecule has 0 spiro atoms. The largest absolute Gasteiger partial charge is 0.344 e. The molecule has 1 amide bonds. The van der Waals surface area contributed by atoms with Crippen molar-refractivity contribution in [3.63, 3.8) is 0 Å². The molecule has 1 aromatic carbocycles. The predicted octanol–water partition coefficient (Wildman–Crippen LogP) is 7.16. The molecule has 0 N–H and O–H groups in total. The molecule has 32 heavy (non-hydrogen) atoms. The standard InChI is InChI=1S/C27H35N3OS/c1-19(2)29-18-20(23-15-9-10-16-24(23)29)17-25-26(31)30(22-13-7-4-8-14-22)27(32-25)28-21-11-5-3-6-12-21/h9-10,15-19,21-22H,3-8,11-14H2,1-2H3. The van der Waals surface area contributed by atoms with Crippen LogP contribution in [-0.2, 0) is 4.79 Å². The summed E-state index contributed by atoms with van der Waals surface area (Å²) in [6.45, 7) is 4.41. The summed E-state index contributed by atoms with van der Waals surface area (Å²) in [6.07, 6.45) is 16.4. The fraction of sp³-hybridized carbons (Fsp3) is 0.556. The van der Waals surface area contributed by atoms with Crippen molar-refractivity contribution in [2.75, 3.05) is 0 Å². The Morgan fingerprint density at radius 1 is 1.00 bits per heavy atom. The number of carbonyl (C=O) groups is 1. The van der Waals surface area contributed by atoms with Gasteiger partial charge >= 0.3 is 0 Å². The van der Waals surface area contributed by atoms with Crippen molar-refractivity contribution in [1.29, 1.82) is 0 Å². The van der Waals surface area contributed by atoms with Crippen LogP contribution >= 0.6 is 11.8 Å². The molecule has 3 aliphatic rings. The lowest BCUT2D eigenvalue weighted by Crippen LogP contribution is -2.41. The minimum atomic E-state index is 0.165. The Bertz CT molecular complexity index is 1040. The lowest BCUT2D eigenvalue weighted by atomic mass is 9.94. The number of amides is 1. The third kappa shape index (κ3) is 4.28. The summed E-state index contributed by atoms with van der Waals surface area (Å²) in [5, 5.41) is 2.18. The summed E-state index contributed by atoms with van der Waals surface area (Å²) in [7, 11) is 0. The number of amidine groups is 1. The molecule has 0 atom stereocenters. The van der Waals surface area contributed by atoms with E-state index in [1.54, 1.807) is 11.8 Å². The van der Waals surface area contributed by atoms with Crippen molar-refractivity contribution in [1.82, 2.24) is 9.47 Å². The van der Waals surface area contributed by atoms with Gasteiger partial charge in [-0.05, 0) is 63.4 Å². The van der Waals surface area contributed by atoms with Crippen LogP contribution < -0.4 is 0 Å². The average molecular weight is 450 g/mol. The van der Waals surface area contributed by atoms with Gasteiger partial charge in [0.15, 0.2) is 5.17 Å². The third-order valence-electron chi connectivity index (χ3n) is 7.26. The molecule has 2 aromatic rings. The quantitative estimate of drug-likeness (QED) is 0.464. The van der Waals surface area contributed by atoms with Crippen molar-refractivity contribution >= 4 is 39.8 Å². The number of hydrogen-bond acceptors (Lipinski definition) is 3. The van der Waals surface area contributed by atoms with E-state index in [-0.39, 0.29) is 5.91 Å². The topological polar surface area (TPSA) is 37.6 Å². The van der Waals surface area contributed by atoms with E-state index in [1.165, 1.54) is 49.4 Å². The number of carbonyl (C=O) groups excluding carboxylic acids is 1. The van der Waals surface area contributed by atoms with Gasteiger partial charge in [-0.15, -0.1) is 0 Å². The zero-order chi connectivity index (χ0) is 22.1. The second-order valence-electron chi connectivity index (χ2n) is 9.88. The zero-order valence-electron chi connectivity index (χ0n) is 19.4. The highest BCUT2D eigenvalue weighted by Gasteiger charge is 2.39. The summed E-state index contributed by atoms with van der Waals surface area (Å²) in [5.74, 6) is 0.165. The van der Waals surface area contributed by atoms with Gasteiger partial charge in [-0.2, -0.15) is 0 Å². The van der Waals surface area contributed by atoms with Gasteiger partial charge in [-0.1, -0.05) is 56.7 Å². The van der Waals surface area contributed by atoms with Gasteiger partial charge in [-0.3, -0.25) is 14.7 Å². The van der Waals surface area contributed by atoms with Crippen LogP contribution in [0.1, 0.15) is 89.7 Å². The molecule has 1 aliphatic heterocycles. The number of aromatic nitrogens is 1. The van der Waals surface area contributed by atoms with Gasteiger partial charge in [0.05, 0.1) is 10.9 Å². The van der Waals surface area contributed by atoms with Crippen molar-refractivity contribution in [3.05, 3.63) is 40.9 Å². The summed E-state index contributed by atoms with van der Waals surface area (Å²) >= 11 is 1.61. The highest BCUT2D eigenvalue weighted by Crippen LogP contribution is 2.39. The van der Waals surface area contributed by atoms with E-state index in [4.69, 9.17) is 4.99 Å². The molecule has 3 fully saturated rings. The monoisotopic (exact) mass is 449 g/mol. The Kier molecular flexibility index (Phi) is 6.45. The first kappa shape index (κ1) is 21.8. The summed E-state index contributed by atoms with van der Waals surface area (Å²) in [5.41, 5.74) is 2.36.